The molecule has 0 aliphatic carbocycles. The van der Waals surface area contributed by atoms with Crippen LogP contribution >= 0.6 is 0 Å². The standard InChI is InChI=1S/C7H8N2O2/c1-6(7(10)11)4-9-3-2-8-5-9/h2-5H,1H3,(H,10,11). The first-order valence-corrected chi connectivity index (χ1v) is 3.09. The Morgan fingerprint density at radius 2 is 2.45 bits per heavy atom. The molecule has 0 aliphatic heterocycles. The smallest absolute Gasteiger partial charge is 0.332 e. The molecule has 0 amide bonds. The third kappa shape index (κ3) is 1.93. The van der Waals surface area contributed by atoms with Crippen molar-refractivity contribution in [3.63, 3.8) is 0 Å². The number of imidazole rings is 1. The van der Waals surface area contributed by atoms with Gasteiger partial charge in [-0.3, -0.25) is 0 Å². The van der Waals surface area contributed by atoms with Crippen LogP contribution in [0.15, 0.2) is 24.3 Å². The van der Waals surface area contributed by atoms with Gasteiger partial charge < -0.3 is 9.67 Å². The Bertz CT molecular complexity index is 275. The van der Waals surface area contributed by atoms with Gasteiger partial charge in [-0.05, 0) is 6.92 Å². The van der Waals surface area contributed by atoms with E-state index in [1.807, 2.05) is 0 Å². The van der Waals surface area contributed by atoms with Gasteiger partial charge in [-0.15, -0.1) is 0 Å². The summed E-state index contributed by atoms with van der Waals surface area (Å²) in [6, 6.07) is 0. The molecule has 0 saturated heterocycles. The molecule has 1 rings (SSSR count). The molecule has 0 fully saturated rings. The Balaban J connectivity index is 2.82. The van der Waals surface area contributed by atoms with Crippen molar-refractivity contribution < 1.29 is 9.90 Å². The van der Waals surface area contributed by atoms with E-state index >= 15 is 0 Å². The van der Waals surface area contributed by atoms with Gasteiger partial charge >= 0.3 is 5.97 Å². The highest BCUT2D eigenvalue weighted by Gasteiger charge is 1.97. The largest absolute Gasteiger partial charge is 0.478 e. The summed E-state index contributed by atoms with van der Waals surface area (Å²) in [5.74, 6) is -0.918. The van der Waals surface area contributed by atoms with Gasteiger partial charge in [0.05, 0.1) is 11.9 Å². The van der Waals surface area contributed by atoms with Crippen LogP contribution in [0, 0.1) is 0 Å². The van der Waals surface area contributed by atoms with Gasteiger partial charge in [0, 0.05) is 18.6 Å². The average Bonchev–Trinajstić information content (AvgIpc) is 2.39. The van der Waals surface area contributed by atoms with Gasteiger partial charge in [-0.2, -0.15) is 0 Å². The summed E-state index contributed by atoms with van der Waals surface area (Å²) in [6.45, 7) is 1.53. The van der Waals surface area contributed by atoms with Crippen molar-refractivity contribution in [2.75, 3.05) is 0 Å². The predicted molar refractivity (Wildman–Crippen MR) is 39.8 cm³/mol. The molecule has 0 radical (unpaired) electrons. The van der Waals surface area contributed by atoms with Crippen LogP contribution in [0.4, 0.5) is 0 Å². The second-order valence-corrected chi connectivity index (χ2v) is 2.13. The first-order valence-electron chi connectivity index (χ1n) is 3.09. The normalized spacial score (nSPS) is 11.5. The molecule has 0 aromatic carbocycles. The lowest BCUT2D eigenvalue weighted by atomic mass is 10.3. The summed E-state index contributed by atoms with van der Waals surface area (Å²) in [7, 11) is 0. The van der Waals surface area contributed by atoms with Crippen LogP contribution in [-0.4, -0.2) is 20.6 Å². The van der Waals surface area contributed by atoms with Crippen LogP contribution in [0.2, 0.25) is 0 Å². The summed E-state index contributed by atoms with van der Waals surface area (Å²) in [6.07, 6.45) is 6.29. The SMILES string of the molecule is CC(=Cn1ccnc1)C(=O)O. The van der Waals surface area contributed by atoms with Crippen LogP contribution in [-0.2, 0) is 4.79 Å². The van der Waals surface area contributed by atoms with Crippen molar-refractivity contribution in [3.05, 3.63) is 24.3 Å². The monoisotopic (exact) mass is 152 g/mol. The first kappa shape index (κ1) is 7.53. The Kier molecular flexibility index (Phi) is 2.06. The lowest BCUT2D eigenvalue weighted by Crippen LogP contribution is -1.97. The van der Waals surface area contributed by atoms with E-state index in [1.54, 1.807) is 17.0 Å². The summed E-state index contributed by atoms with van der Waals surface area (Å²) >= 11 is 0. The Hall–Kier alpha value is -1.58. The molecular weight excluding hydrogens is 144 g/mol. The zero-order valence-corrected chi connectivity index (χ0v) is 6.06. The number of rotatable bonds is 2. The molecule has 0 bridgehead atoms. The molecule has 0 aliphatic rings. The molecule has 1 aromatic heterocycles. The van der Waals surface area contributed by atoms with E-state index in [0.717, 1.165) is 0 Å². The Labute approximate surface area is 63.8 Å². The number of carboxylic acid groups (broad SMARTS) is 1. The minimum atomic E-state index is -0.918. The second kappa shape index (κ2) is 3.01. The van der Waals surface area contributed by atoms with E-state index in [1.165, 1.54) is 19.5 Å². The molecule has 1 N–H and O–H groups in total. The molecule has 11 heavy (non-hydrogen) atoms. The summed E-state index contributed by atoms with van der Waals surface area (Å²) in [5.41, 5.74) is 0.281. The van der Waals surface area contributed by atoms with Crippen molar-refractivity contribution in [3.8, 4) is 0 Å². The fourth-order valence-electron chi connectivity index (χ4n) is 0.625. The minimum absolute atomic E-state index is 0.281. The predicted octanol–water partition coefficient (Wildman–Crippen LogP) is 0.829. The molecule has 1 heterocycles. The summed E-state index contributed by atoms with van der Waals surface area (Å²) in [5, 5.41) is 8.48. The van der Waals surface area contributed by atoms with E-state index in [4.69, 9.17) is 5.11 Å². The fourth-order valence-corrected chi connectivity index (χ4v) is 0.625. The quantitative estimate of drug-likeness (QED) is 0.638. The number of nitrogens with zero attached hydrogens (tertiary/aromatic N) is 2. The Morgan fingerprint density at radius 1 is 1.73 bits per heavy atom. The zero-order chi connectivity index (χ0) is 8.27. The van der Waals surface area contributed by atoms with Gasteiger partial charge in [0.2, 0.25) is 0 Å². The molecule has 0 saturated carbocycles. The van der Waals surface area contributed by atoms with Gasteiger partial charge in [0.15, 0.2) is 0 Å². The van der Waals surface area contributed by atoms with Gasteiger partial charge in [0.1, 0.15) is 0 Å². The third-order valence-electron chi connectivity index (χ3n) is 1.20. The van der Waals surface area contributed by atoms with E-state index in [9.17, 15) is 4.79 Å². The van der Waals surface area contributed by atoms with Crippen molar-refractivity contribution in [1.82, 2.24) is 9.55 Å². The van der Waals surface area contributed by atoms with Crippen LogP contribution in [0.1, 0.15) is 6.92 Å². The molecule has 58 valence electrons. The van der Waals surface area contributed by atoms with Crippen molar-refractivity contribution in [2.24, 2.45) is 0 Å². The molecule has 4 nitrogen and oxygen atoms in total. The van der Waals surface area contributed by atoms with Crippen LogP contribution < -0.4 is 0 Å². The minimum Gasteiger partial charge on any atom is -0.478 e. The second-order valence-electron chi connectivity index (χ2n) is 2.13. The molecule has 0 atom stereocenters. The lowest BCUT2D eigenvalue weighted by Gasteiger charge is -1.92. The van der Waals surface area contributed by atoms with E-state index in [-0.39, 0.29) is 5.57 Å². The number of aliphatic carboxylic acids is 1. The molecule has 1 aromatic rings. The fraction of sp³-hybridized carbons (Fsp3) is 0.143. The van der Waals surface area contributed by atoms with Gasteiger partial charge in [-0.1, -0.05) is 0 Å². The van der Waals surface area contributed by atoms with E-state index < -0.39 is 5.97 Å². The van der Waals surface area contributed by atoms with E-state index in [0.29, 0.717) is 0 Å². The number of hydrogen-bond donors (Lipinski definition) is 1. The van der Waals surface area contributed by atoms with Crippen molar-refractivity contribution in [1.29, 1.82) is 0 Å². The maximum Gasteiger partial charge on any atom is 0.332 e. The number of carbonyl (C=O) groups is 1. The van der Waals surface area contributed by atoms with Crippen LogP contribution in [0.5, 0.6) is 0 Å². The highest BCUT2D eigenvalue weighted by atomic mass is 16.4. The number of aromatic nitrogens is 2. The molecule has 4 heteroatoms. The topological polar surface area (TPSA) is 55.1 Å². The number of carboxylic acids is 1. The molecular formula is C7H8N2O2. The van der Waals surface area contributed by atoms with Crippen LogP contribution in [0.3, 0.4) is 0 Å². The number of hydrogen-bond acceptors (Lipinski definition) is 2. The van der Waals surface area contributed by atoms with Gasteiger partial charge in [-0.25, -0.2) is 9.78 Å². The lowest BCUT2D eigenvalue weighted by molar-refractivity contribution is -0.132. The highest BCUT2D eigenvalue weighted by molar-refractivity contribution is 5.89. The third-order valence-corrected chi connectivity index (χ3v) is 1.20. The summed E-state index contributed by atoms with van der Waals surface area (Å²) in [4.78, 5) is 14.1. The average molecular weight is 152 g/mol. The highest BCUT2D eigenvalue weighted by Crippen LogP contribution is 1.96. The van der Waals surface area contributed by atoms with Crippen molar-refractivity contribution >= 4 is 12.2 Å². The summed E-state index contributed by atoms with van der Waals surface area (Å²) < 4.78 is 1.59. The van der Waals surface area contributed by atoms with Crippen LogP contribution in [0.25, 0.3) is 6.20 Å². The van der Waals surface area contributed by atoms with Gasteiger partial charge in [0.25, 0.3) is 0 Å². The first-order chi connectivity index (χ1) is 5.20. The molecule has 0 unspecified atom stereocenters. The molecule has 0 spiro atoms. The Morgan fingerprint density at radius 3 is 2.91 bits per heavy atom. The van der Waals surface area contributed by atoms with Crippen molar-refractivity contribution in [2.45, 2.75) is 6.92 Å². The maximum absolute atomic E-state index is 10.3. The van der Waals surface area contributed by atoms with E-state index in [2.05, 4.69) is 4.98 Å². The zero-order valence-electron chi connectivity index (χ0n) is 6.06. The maximum atomic E-state index is 10.3.